The largest absolute Gasteiger partial charge is 0.448 e. The van der Waals surface area contributed by atoms with Crippen LogP contribution in [0.15, 0.2) is 15.6 Å². The third kappa shape index (κ3) is 2.92. The highest BCUT2D eigenvalue weighted by atomic mass is 32.2. The summed E-state index contributed by atoms with van der Waals surface area (Å²) >= 11 is 0. The average Bonchev–Trinajstić information content (AvgIpc) is 2.74. The van der Waals surface area contributed by atoms with E-state index in [1.807, 2.05) is 18.7 Å². The first kappa shape index (κ1) is 17.0. The fourth-order valence-corrected chi connectivity index (χ4v) is 3.46. The lowest BCUT2D eigenvalue weighted by atomic mass is 9.90. The normalized spacial score (nSPS) is 16.1. The van der Waals surface area contributed by atoms with Gasteiger partial charge in [0.2, 0.25) is 5.09 Å². The van der Waals surface area contributed by atoms with Crippen molar-refractivity contribution in [2.45, 2.75) is 57.2 Å². The van der Waals surface area contributed by atoms with E-state index < -0.39 is 10.0 Å². The van der Waals surface area contributed by atoms with E-state index in [0.717, 1.165) is 23.6 Å². The van der Waals surface area contributed by atoms with E-state index >= 15 is 0 Å². The number of carbonyl (C=O) groups is 1. The molecule has 1 fully saturated rings. The van der Waals surface area contributed by atoms with Crippen molar-refractivity contribution in [2.75, 3.05) is 14.1 Å². The summed E-state index contributed by atoms with van der Waals surface area (Å²) in [4.78, 5) is 14.6. The zero-order valence-electron chi connectivity index (χ0n) is 13.8. The maximum Gasteiger partial charge on any atom is 0.275 e. The van der Waals surface area contributed by atoms with Crippen molar-refractivity contribution in [1.82, 2.24) is 9.21 Å². The Morgan fingerprint density at radius 3 is 2.32 bits per heavy atom. The summed E-state index contributed by atoms with van der Waals surface area (Å²) in [5.41, 5.74) is 0.334. The number of hydrogen-bond acceptors (Lipinski definition) is 4. The van der Waals surface area contributed by atoms with Gasteiger partial charge in [-0.2, -0.15) is 0 Å². The van der Waals surface area contributed by atoms with Crippen LogP contribution in [-0.4, -0.2) is 49.7 Å². The average molecular weight is 328 g/mol. The number of amides is 1. The molecule has 1 saturated carbocycles. The van der Waals surface area contributed by atoms with E-state index in [1.165, 1.54) is 20.2 Å². The molecule has 1 aromatic rings. The standard InChI is InChI=1S/C15H24N2O4S/c1-10(2)17(12-7-6-8-12)15(18)13-9-14(21-11(13)3)22(19,20)16(4)5/h9-10,12H,6-8H2,1-5H3. The van der Waals surface area contributed by atoms with Crippen LogP contribution in [0.2, 0.25) is 0 Å². The molecule has 1 aromatic heterocycles. The molecule has 124 valence electrons. The molecule has 6 nitrogen and oxygen atoms in total. The Morgan fingerprint density at radius 2 is 1.91 bits per heavy atom. The quantitative estimate of drug-likeness (QED) is 0.831. The molecule has 0 radical (unpaired) electrons. The summed E-state index contributed by atoms with van der Waals surface area (Å²) in [5, 5.41) is -0.185. The molecule has 1 aliphatic rings. The molecular weight excluding hydrogens is 304 g/mol. The lowest BCUT2D eigenvalue weighted by Gasteiger charge is -2.40. The van der Waals surface area contributed by atoms with Crippen LogP contribution >= 0.6 is 0 Å². The molecule has 0 spiro atoms. The fraction of sp³-hybridized carbons (Fsp3) is 0.667. The van der Waals surface area contributed by atoms with Crippen molar-refractivity contribution in [2.24, 2.45) is 0 Å². The van der Waals surface area contributed by atoms with E-state index in [2.05, 4.69) is 0 Å². The maximum absolute atomic E-state index is 12.8. The predicted octanol–water partition coefficient (Wildman–Crippen LogP) is 2.24. The topological polar surface area (TPSA) is 70.8 Å². The van der Waals surface area contributed by atoms with Gasteiger partial charge in [0.05, 0.1) is 5.56 Å². The van der Waals surface area contributed by atoms with Crippen LogP contribution in [0.5, 0.6) is 0 Å². The van der Waals surface area contributed by atoms with E-state index in [4.69, 9.17) is 4.42 Å². The van der Waals surface area contributed by atoms with Gasteiger partial charge in [-0.05, 0) is 40.0 Å². The van der Waals surface area contributed by atoms with Gasteiger partial charge in [-0.1, -0.05) is 0 Å². The Labute approximate surface area is 132 Å². The van der Waals surface area contributed by atoms with Gasteiger partial charge in [0.1, 0.15) is 5.76 Å². The van der Waals surface area contributed by atoms with Crippen LogP contribution in [0.3, 0.4) is 0 Å². The Morgan fingerprint density at radius 1 is 1.32 bits per heavy atom. The van der Waals surface area contributed by atoms with Gasteiger partial charge in [-0.15, -0.1) is 0 Å². The highest BCUT2D eigenvalue weighted by Crippen LogP contribution is 2.30. The monoisotopic (exact) mass is 328 g/mol. The zero-order valence-corrected chi connectivity index (χ0v) is 14.6. The highest BCUT2D eigenvalue weighted by Gasteiger charge is 2.34. The molecule has 0 atom stereocenters. The zero-order chi connectivity index (χ0) is 16.7. The van der Waals surface area contributed by atoms with Crippen LogP contribution in [-0.2, 0) is 10.0 Å². The summed E-state index contributed by atoms with van der Waals surface area (Å²) in [6, 6.07) is 1.66. The lowest BCUT2D eigenvalue weighted by Crippen LogP contribution is -2.48. The molecule has 1 amide bonds. The Bertz CT molecular complexity index is 657. The molecule has 0 saturated heterocycles. The number of nitrogens with zero attached hydrogens (tertiary/aromatic N) is 2. The van der Waals surface area contributed by atoms with Crippen molar-refractivity contribution >= 4 is 15.9 Å². The Kier molecular flexibility index (Phi) is 4.67. The molecule has 2 rings (SSSR count). The van der Waals surface area contributed by atoms with Crippen LogP contribution in [0.4, 0.5) is 0 Å². The Hall–Kier alpha value is -1.34. The summed E-state index contributed by atoms with van der Waals surface area (Å²) in [6.45, 7) is 5.58. The van der Waals surface area contributed by atoms with Gasteiger partial charge in [-0.3, -0.25) is 4.79 Å². The minimum Gasteiger partial charge on any atom is -0.448 e. The van der Waals surface area contributed by atoms with E-state index in [1.54, 1.807) is 6.92 Å². The van der Waals surface area contributed by atoms with Crippen molar-refractivity contribution < 1.29 is 17.6 Å². The van der Waals surface area contributed by atoms with Crippen LogP contribution in [0, 0.1) is 6.92 Å². The second-order valence-corrected chi connectivity index (χ2v) is 8.30. The third-order valence-corrected chi connectivity index (χ3v) is 5.79. The molecule has 0 bridgehead atoms. The number of hydrogen-bond donors (Lipinski definition) is 0. The van der Waals surface area contributed by atoms with Crippen molar-refractivity contribution in [1.29, 1.82) is 0 Å². The van der Waals surface area contributed by atoms with Gasteiger partial charge in [0.25, 0.3) is 15.9 Å². The van der Waals surface area contributed by atoms with E-state index in [-0.39, 0.29) is 23.1 Å². The van der Waals surface area contributed by atoms with E-state index in [0.29, 0.717) is 11.3 Å². The van der Waals surface area contributed by atoms with Crippen LogP contribution < -0.4 is 0 Å². The van der Waals surface area contributed by atoms with Gasteiger partial charge in [0.15, 0.2) is 0 Å². The van der Waals surface area contributed by atoms with Crippen molar-refractivity contribution in [3.63, 3.8) is 0 Å². The highest BCUT2D eigenvalue weighted by molar-refractivity contribution is 7.88. The number of sulfonamides is 1. The second-order valence-electron chi connectivity index (χ2n) is 6.21. The molecule has 0 N–H and O–H groups in total. The fourth-order valence-electron chi connectivity index (χ4n) is 2.60. The molecule has 1 aliphatic carbocycles. The summed E-state index contributed by atoms with van der Waals surface area (Å²) in [5.74, 6) is 0.191. The third-order valence-electron chi connectivity index (χ3n) is 4.12. The predicted molar refractivity (Wildman–Crippen MR) is 83.3 cm³/mol. The minimum absolute atomic E-state index is 0.0704. The molecule has 7 heteroatoms. The first-order valence-electron chi connectivity index (χ1n) is 7.52. The maximum atomic E-state index is 12.8. The molecule has 1 heterocycles. The van der Waals surface area contributed by atoms with Crippen LogP contribution in [0.25, 0.3) is 0 Å². The van der Waals surface area contributed by atoms with Gasteiger partial charge < -0.3 is 9.32 Å². The molecule has 0 aliphatic heterocycles. The van der Waals surface area contributed by atoms with Gasteiger partial charge >= 0.3 is 0 Å². The smallest absolute Gasteiger partial charge is 0.275 e. The molecular formula is C15H24N2O4S. The van der Waals surface area contributed by atoms with E-state index in [9.17, 15) is 13.2 Å². The molecule has 0 unspecified atom stereocenters. The SMILES string of the molecule is Cc1oc(S(=O)(=O)N(C)C)cc1C(=O)N(C(C)C)C1CCC1. The number of furan rings is 1. The van der Waals surface area contributed by atoms with Crippen molar-refractivity contribution in [3.8, 4) is 0 Å². The summed E-state index contributed by atoms with van der Waals surface area (Å²) in [7, 11) is -0.806. The molecule has 0 aromatic carbocycles. The number of carbonyl (C=O) groups excluding carboxylic acids is 1. The Balaban J connectivity index is 2.36. The summed E-state index contributed by atoms with van der Waals surface area (Å²) < 4.78 is 30.7. The van der Waals surface area contributed by atoms with Crippen LogP contribution in [0.1, 0.15) is 49.2 Å². The number of aryl methyl sites for hydroxylation is 1. The van der Waals surface area contributed by atoms with Gasteiger partial charge in [-0.25, -0.2) is 12.7 Å². The first-order chi connectivity index (χ1) is 10.2. The first-order valence-corrected chi connectivity index (χ1v) is 8.96. The van der Waals surface area contributed by atoms with Crippen molar-refractivity contribution in [3.05, 3.63) is 17.4 Å². The second kappa shape index (κ2) is 6.04. The summed E-state index contributed by atoms with van der Waals surface area (Å²) in [6.07, 6.45) is 3.14. The molecule has 22 heavy (non-hydrogen) atoms. The minimum atomic E-state index is -3.67. The lowest BCUT2D eigenvalue weighted by molar-refractivity contribution is 0.0487. The van der Waals surface area contributed by atoms with Gasteiger partial charge in [0, 0.05) is 32.2 Å². The number of rotatable bonds is 5.